The molecule has 18 heavy (non-hydrogen) atoms. The van der Waals surface area contributed by atoms with Gasteiger partial charge in [0.25, 0.3) is 0 Å². The summed E-state index contributed by atoms with van der Waals surface area (Å²) in [6, 6.07) is 15.7. The number of anilines is 1. The quantitative estimate of drug-likeness (QED) is 0.795. The lowest BCUT2D eigenvalue weighted by molar-refractivity contribution is 0.484. The van der Waals surface area contributed by atoms with Gasteiger partial charge in [-0.05, 0) is 42.2 Å². The van der Waals surface area contributed by atoms with Crippen molar-refractivity contribution in [2.45, 2.75) is 26.2 Å². The van der Waals surface area contributed by atoms with E-state index in [1.165, 1.54) is 5.56 Å². The summed E-state index contributed by atoms with van der Waals surface area (Å²) >= 11 is 0. The van der Waals surface area contributed by atoms with Crippen molar-refractivity contribution in [1.82, 2.24) is 0 Å². The number of benzene rings is 2. The van der Waals surface area contributed by atoms with Crippen molar-refractivity contribution in [3.05, 3.63) is 54.1 Å². The summed E-state index contributed by atoms with van der Waals surface area (Å²) in [4.78, 5) is 0. The van der Waals surface area contributed by atoms with E-state index in [1.54, 1.807) is 0 Å². The van der Waals surface area contributed by atoms with Crippen LogP contribution in [-0.4, -0.2) is 0 Å². The average Bonchev–Trinajstić information content (AvgIpc) is 2.41. The van der Waals surface area contributed by atoms with Gasteiger partial charge in [-0.3, -0.25) is 0 Å². The third-order valence-electron chi connectivity index (χ3n) is 3.21. The van der Waals surface area contributed by atoms with Crippen LogP contribution < -0.4 is 10.5 Å². The minimum Gasteiger partial charge on any atom is -0.455 e. The fourth-order valence-electron chi connectivity index (χ4n) is 1.80. The Bertz CT molecular complexity index is 505. The predicted molar refractivity (Wildman–Crippen MR) is 76.1 cm³/mol. The molecule has 1 unspecified atom stereocenters. The van der Waals surface area contributed by atoms with Crippen molar-refractivity contribution in [3.63, 3.8) is 0 Å². The maximum Gasteiger partial charge on any atom is 0.150 e. The van der Waals surface area contributed by atoms with Gasteiger partial charge in [0.2, 0.25) is 0 Å². The zero-order valence-electron chi connectivity index (χ0n) is 10.9. The smallest absolute Gasteiger partial charge is 0.150 e. The van der Waals surface area contributed by atoms with Crippen LogP contribution in [0.15, 0.2) is 48.5 Å². The Balaban J connectivity index is 2.14. The molecule has 0 aliphatic heterocycles. The molecule has 1 atom stereocenters. The molecule has 2 N–H and O–H groups in total. The summed E-state index contributed by atoms with van der Waals surface area (Å²) in [6.45, 7) is 4.42. The summed E-state index contributed by atoms with van der Waals surface area (Å²) in [5.74, 6) is 2.11. The van der Waals surface area contributed by atoms with E-state index in [2.05, 4.69) is 26.0 Å². The zero-order chi connectivity index (χ0) is 13.0. The number of nitrogen functional groups attached to an aromatic ring is 1. The first-order chi connectivity index (χ1) is 8.70. The Hall–Kier alpha value is -1.96. The molecule has 0 saturated carbocycles. The molecule has 0 aliphatic carbocycles. The number of ether oxygens (including phenoxy) is 1. The van der Waals surface area contributed by atoms with Gasteiger partial charge in [-0.15, -0.1) is 0 Å². The molecule has 0 spiro atoms. The van der Waals surface area contributed by atoms with Crippen LogP contribution in [0.1, 0.15) is 31.7 Å². The van der Waals surface area contributed by atoms with Gasteiger partial charge in [0.1, 0.15) is 11.5 Å². The molecule has 0 bridgehead atoms. The lowest BCUT2D eigenvalue weighted by Crippen LogP contribution is -1.93. The second-order valence-electron chi connectivity index (χ2n) is 4.52. The number of para-hydroxylation sites is 2. The van der Waals surface area contributed by atoms with Gasteiger partial charge < -0.3 is 10.5 Å². The SMILES string of the molecule is CCC(C)c1ccc(Oc2ccccc2N)cc1. The van der Waals surface area contributed by atoms with E-state index in [9.17, 15) is 0 Å². The van der Waals surface area contributed by atoms with Crippen LogP contribution in [0.25, 0.3) is 0 Å². The van der Waals surface area contributed by atoms with Crippen LogP contribution in [0.3, 0.4) is 0 Å². The van der Waals surface area contributed by atoms with Gasteiger partial charge in [0.05, 0.1) is 5.69 Å². The molecule has 0 fully saturated rings. The van der Waals surface area contributed by atoms with E-state index >= 15 is 0 Å². The van der Waals surface area contributed by atoms with E-state index in [4.69, 9.17) is 10.5 Å². The fraction of sp³-hybridized carbons (Fsp3) is 0.250. The van der Waals surface area contributed by atoms with Crippen LogP contribution >= 0.6 is 0 Å². The van der Waals surface area contributed by atoms with Crippen molar-refractivity contribution >= 4 is 5.69 Å². The number of hydrogen-bond acceptors (Lipinski definition) is 2. The number of rotatable bonds is 4. The predicted octanol–water partition coefficient (Wildman–Crippen LogP) is 4.57. The van der Waals surface area contributed by atoms with Crippen LogP contribution in [0.4, 0.5) is 5.69 Å². The molecule has 2 rings (SSSR count). The molecule has 0 amide bonds. The highest BCUT2D eigenvalue weighted by molar-refractivity contribution is 5.53. The minimum atomic E-state index is 0.584. The average molecular weight is 241 g/mol. The second kappa shape index (κ2) is 5.58. The highest BCUT2D eigenvalue weighted by atomic mass is 16.5. The molecule has 0 heterocycles. The van der Waals surface area contributed by atoms with Gasteiger partial charge >= 0.3 is 0 Å². The summed E-state index contributed by atoms with van der Waals surface area (Å²) in [7, 11) is 0. The molecule has 0 aromatic heterocycles. The van der Waals surface area contributed by atoms with Crippen molar-refractivity contribution in [2.75, 3.05) is 5.73 Å². The molecule has 2 heteroatoms. The lowest BCUT2D eigenvalue weighted by atomic mass is 9.99. The Labute approximate surface area is 108 Å². The Morgan fingerprint density at radius 2 is 1.72 bits per heavy atom. The Kier molecular flexibility index (Phi) is 3.88. The summed E-state index contributed by atoms with van der Waals surface area (Å²) in [5, 5.41) is 0. The van der Waals surface area contributed by atoms with E-state index in [-0.39, 0.29) is 0 Å². The third-order valence-corrected chi connectivity index (χ3v) is 3.21. The van der Waals surface area contributed by atoms with Crippen LogP contribution in [0.5, 0.6) is 11.5 Å². The van der Waals surface area contributed by atoms with Crippen molar-refractivity contribution in [2.24, 2.45) is 0 Å². The van der Waals surface area contributed by atoms with Crippen molar-refractivity contribution in [3.8, 4) is 11.5 Å². The molecule has 0 radical (unpaired) electrons. The molecule has 2 aromatic carbocycles. The summed E-state index contributed by atoms with van der Waals surface area (Å²) in [6.07, 6.45) is 1.14. The van der Waals surface area contributed by atoms with E-state index < -0.39 is 0 Å². The van der Waals surface area contributed by atoms with Crippen molar-refractivity contribution in [1.29, 1.82) is 0 Å². The third kappa shape index (κ3) is 2.83. The standard InChI is InChI=1S/C16H19NO/c1-3-12(2)13-8-10-14(11-9-13)18-16-7-5-4-6-15(16)17/h4-12H,3,17H2,1-2H3. The van der Waals surface area contributed by atoms with Gasteiger partial charge in [-0.2, -0.15) is 0 Å². The first-order valence-electron chi connectivity index (χ1n) is 6.33. The van der Waals surface area contributed by atoms with E-state index in [0.717, 1.165) is 12.2 Å². The van der Waals surface area contributed by atoms with E-state index in [1.807, 2.05) is 36.4 Å². The van der Waals surface area contributed by atoms with Gasteiger partial charge in [0, 0.05) is 0 Å². The summed E-state index contributed by atoms with van der Waals surface area (Å²) < 4.78 is 5.75. The minimum absolute atomic E-state index is 0.584. The molecular weight excluding hydrogens is 222 g/mol. The maximum atomic E-state index is 5.84. The maximum absolute atomic E-state index is 5.84. The molecule has 2 aromatic rings. The zero-order valence-corrected chi connectivity index (χ0v) is 10.9. The van der Waals surface area contributed by atoms with E-state index in [0.29, 0.717) is 17.4 Å². The monoisotopic (exact) mass is 241 g/mol. The van der Waals surface area contributed by atoms with Crippen LogP contribution in [-0.2, 0) is 0 Å². The number of hydrogen-bond donors (Lipinski definition) is 1. The highest BCUT2D eigenvalue weighted by Crippen LogP contribution is 2.28. The van der Waals surface area contributed by atoms with Gasteiger partial charge in [0.15, 0.2) is 0 Å². The second-order valence-corrected chi connectivity index (χ2v) is 4.52. The van der Waals surface area contributed by atoms with Crippen LogP contribution in [0.2, 0.25) is 0 Å². The molecule has 0 aliphatic rings. The topological polar surface area (TPSA) is 35.2 Å². The fourth-order valence-corrected chi connectivity index (χ4v) is 1.80. The normalized spacial score (nSPS) is 12.1. The largest absolute Gasteiger partial charge is 0.455 e. The molecule has 94 valence electrons. The lowest BCUT2D eigenvalue weighted by Gasteiger charge is -2.11. The van der Waals surface area contributed by atoms with Gasteiger partial charge in [-0.1, -0.05) is 38.1 Å². The molecule has 2 nitrogen and oxygen atoms in total. The Morgan fingerprint density at radius 3 is 2.33 bits per heavy atom. The number of nitrogens with two attached hydrogens (primary N) is 1. The van der Waals surface area contributed by atoms with Gasteiger partial charge in [-0.25, -0.2) is 0 Å². The Morgan fingerprint density at radius 1 is 1.06 bits per heavy atom. The first kappa shape index (κ1) is 12.5. The van der Waals surface area contributed by atoms with Crippen molar-refractivity contribution < 1.29 is 4.74 Å². The molecular formula is C16H19NO. The van der Waals surface area contributed by atoms with Crippen LogP contribution in [0, 0.1) is 0 Å². The molecule has 0 saturated heterocycles. The first-order valence-corrected chi connectivity index (χ1v) is 6.33. The summed E-state index contributed by atoms with van der Waals surface area (Å²) in [5.41, 5.74) is 7.84. The highest BCUT2D eigenvalue weighted by Gasteiger charge is 2.04.